The third-order valence-corrected chi connectivity index (χ3v) is 6.79. The molecule has 0 atom stereocenters. The van der Waals surface area contributed by atoms with E-state index in [9.17, 15) is 0 Å². The Morgan fingerprint density at radius 2 is 1.92 bits per heavy atom. The monoisotopic (exact) mass is 507 g/mol. The lowest BCUT2D eigenvalue weighted by atomic mass is 10.1. The number of nitrogens with one attached hydrogen (secondary N) is 2. The highest BCUT2D eigenvalue weighted by Gasteiger charge is 2.29. The largest absolute Gasteiger partial charge is 0.353 e. The Hall–Kier alpha value is -4.29. The maximum atomic E-state index is 5.13. The van der Waals surface area contributed by atoms with Gasteiger partial charge in [0.2, 0.25) is 0 Å². The molecule has 2 N–H and O–H groups in total. The number of terminal acetylenes is 1. The predicted octanol–water partition coefficient (Wildman–Crippen LogP) is 4.06. The van der Waals surface area contributed by atoms with Gasteiger partial charge in [0.15, 0.2) is 5.82 Å². The van der Waals surface area contributed by atoms with Crippen LogP contribution in [0.1, 0.15) is 48.3 Å². The van der Waals surface area contributed by atoms with E-state index in [0.717, 1.165) is 66.2 Å². The summed E-state index contributed by atoms with van der Waals surface area (Å²) in [4.78, 5) is 21.5. The second kappa shape index (κ2) is 11.4. The van der Waals surface area contributed by atoms with Crippen LogP contribution in [0.15, 0.2) is 42.9 Å². The molecule has 0 unspecified atom stereocenters. The van der Waals surface area contributed by atoms with Crippen LogP contribution in [0.4, 0.5) is 17.5 Å². The highest BCUT2D eigenvalue weighted by molar-refractivity contribution is 5.92. The van der Waals surface area contributed by atoms with Crippen LogP contribution in [0, 0.1) is 12.8 Å². The zero-order valence-corrected chi connectivity index (χ0v) is 21.9. The zero-order valence-electron chi connectivity index (χ0n) is 21.9. The molecule has 2 aliphatic rings. The number of piperazine rings is 1. The number of nitrogens with zero attached hydrogens (tertiary/aromatic N) is 7. The molecule has 4 aromatic heterocycles. The fourth-order valence-corrected chi connectivity index (χ4v) is 4.86. The van der Waals surface area contributed by atoms with Gasteiger partial charge in [-0.05, 0) is 55.0 Å². The molecule has 9 nitrogen and oxygen atoms in total. The number of aryl methyl sites for hydroxylation is 1. The van der Waals surface area contributed by atoms with Crippen molar-refractivity contribution >= 4 is 34.4 Å². The van der Waals surface area contributed by atoms with Crippen molar-refractivity contribution in [1.29, 1.82) is 0 Å². The number of rotatable bonds is 7. The minimum atomic E-state index is 0.589. The molecule has 9 heteroatoms. The van der Waals surface area contributed by atoms with Crippen molar-refractivity contribution in [2.45, 2.75) is 32.1 Å². The Morgan fingerprint density at radius 1 is 1.11 bits per heavy atom. The maximum absolute atomic E-state index is 5.13. The highest BCUT2D eigenvalue weighted by Crippen LogP contribution is 2.44. The normalized spacial score (nSPS) is 15.4. The summed E-state index contributed by atoms with van der Waals surface area (Å²) >= 11 is 0. The summed E-state index contributed by atoms with van der Waals surface area (Å²) in [6, 6.07) is 6.07. The van der Waals surface area contributed by atoms with Crippen LogP contribution in [0.3, 0.4) is 0 Å². The van der Waals surface area contributed by atoms with Gasteiger partial charge in [0, 0.05) is 63.5 Å². The lowest BCUT2D eigenvalue weighted by molar-refractivity contribution is 0.585. The van der Waals surface area contributed by atoms with E-state index in [4.69, 9.17) is 9.97 Å². The van der Waals surface area contributed by atoms with E-state index in [2.05, 4.69) is 43.4 Å². The van der Waals surface area contributed by atoms with E-state index in [0.29, 0.717) is 12.3 Å². The molecule has 1 aliphatic carbocycles. The van der Waals surface area contributed by atoms with Gasteiger partial charge in [0.05, 0.1) is 17.4 Å². The first-order chi connectivity index (χ1) is 18.7. The first-order valence-corrected chi connectivity index (χ1v) is 13.0. The molecule has 4 aromatic rings. The van der Waals surface area contributed by atoms with Crippen molar-refractivity contribution in [2.24, 2.45) is 7.05 Å². The van der Waals surface area contributed by atoms with Gasteiger partial charge in [-0.25, -0.2) is 15.0 Å². The summed E-state index contributed by atoms with van der Waals surface area (Å²) in [6.07, 6.45) is 20.8. The van der Waals surface area contributed by atoms with Crippen LogP contribution in [0.25, 0.3) is 17.0 Å². The molecule has 1 aliphatic heterocycles. The average molecular weight is 508 g/mol. The van der Waals surface area contributed by atoms with Gasteiger partial charge in [-0.1, -0.05) is 6.08 Å². The Bertz CT molecular complexity index is 1460. The molecule has 2 fully saturated rings. The topological polar surface area (TPSA) is 96.7 Å². The predicted molar refractivity (Wildman–Crippen MR) is 153 cm³/mol. The third-order valence-electron chi connectivity index (χ3n) is 6.79. The fourth-order valence-electron chi connectivity index (χ4n) is 4.86. The molecule has 0 spiro atoms. The summed E-state index contributed by atoms with van der Waals surface area (Å²) in [6.45, 7) is 5.82. The van der Waals surface area contributed by atoms with Crippen molar-refractivity contribution in [3.63, 3.8) is 0 Å². The number of hydrogen-bond acceptors (Lipinski definition) is 8. The van der Waals surface area contributed by atoms with E-state index in [1.807, 2.05) is 67.6 Å². The molecule has 5 heterocycles. The Morgan fingerprint density at radius 3 is 2.68 bits per heavy atom. The number of hydrogen-bond donors (Lipinski definition) is 2. The van der Waals surface area contributed by atoms with Gasteiger partial charge in [-0.15, -0.1) is 12.8 Å². The maximum Gasteiger partial charge on any atom is 0.154 e. The molecule has 0 radical (unpaired) electrons. The van der Waals surface area contributed by atoms with Gasteiger partial charge in [-0.2, -0.15) is 5.10 Å². The van der Waals surface area contributed by atoms with Gasteiger partial charge >= 0.3 is 0 Å². The molecule has 6 rings (SSSR count). The molecule has 1 saturated heterocycles. The van der Waals surface area contributed by atoms with E-state index >= 15 is 0 Å². The molecule has 1 saturated carbocycles. The van der Waals surface area contributed by atoms with Gasteiger partial charge in [-0.3, -0.25) is 9.67 Å². The second-order valence-corrected chi connectivity index (χ2v) is 9.53. The smallest absolute Gasteiger partial charge is 0.154 e. The minimum absolute atomic E-state index is 0.589. The lowest BCUT2D eigenvalue weighted by Crippen LogP contribution is -2.44. The summed E-state index contributed by atoms with van der Waals surface area (Å²) in [5.41, 5.74) is 4.36. The molecule has 0 amide bonds. The zero-order chi connectivity index (χ0) is 26.5. The SMILES string of the molecule is C#C.C/C=C\c1cc(Nc2cc(Cc3nc(N4CCNCC4)c4c(C5CC5)cncc4n3)ccn2)nn1C. The third kappa shape index (κ3) is 5.50. The van der Waals surface area contributed by atoms with E-state index in [-0.39, 0.29) is 0 Å². The van der Waals surface area contributed by atoms with E-state index in [1.54, 1.807) is 0 Å². The van der Waals surface area contributed by atoms with E-state index < -0.39 is 0 Å². The minimum Gasteiger partial charge on any atom is -0.353 e. The van der Waals surface area contributed by atoms with Crippen LogP contribution >= 0.6 is 0 Å². The number of pyridine rings is 2. The number of fused-ring (bicyclic) bond motifs is 1. The first kappa shape index (κ1) is 25.4. The van der Waals surface area contributed by atoms with E-state index in [1.165, 1.54) is 23.8 Å². The van der Waals surface area contributed by atoms with Gasteiger partial charge in [0.25, 0.3) is 0 Å². The summed E-state index contributed by atoms with van der Waals surface area (Å²) in [7, 11) is 1.93. The number of anilines is 3. The quantitative estimate of drug-likeness (QED) is 0.362. The van der Waals surface area contributed by atoms with Crippen molar-refractivity contribution in [3.05, 3.63) is 65.5 Å². The highest BCUT2D eigenvalue weighted by atomic mass is 15.3. The van der Waals surface area contributed by atoms with Crippen LogP contribution in [-0.2, 0) is 13.5 Å². The fraction of sp³-hybridized carbons (Fsp3) is 0.345. The van der Waals surface area contributed by atoms with Crippen molar-refractivity contribution in [3.8, 4) is 12.8 Å². The van der Waals surface area contributed by atoms with Crippen molar-refractivity contribution in [2.75, 3.05) is 36.4 Å². The van der Waals surface area contributed by atoms with Crippen molar-refractivity contribution in [1.82, 2.24) is 35.0 Å². The summed E-state index contributed by atoms with van der Waals surface area (Å²) in [5.74, 6) is 3.95. The summed E-state index contributed by atoms with van der Waals surface area (Å²) in [5, 5.41) is 12.5. The Labute approximate surface area is 223 Å². The number of allylic oxidation sites excluding steroid dienone is 1. The second-order valence-electron chi connectivity index (χ2n) is 9.53. The molecule has 0 aromatic carbocycles. The van der Waals surface area contributed by atoms with Crippen LogP contribution in [0.2, 0.25) is 0 Å². The van der Waals surface area contributed by atoms with Crippen molar-refractivity contribution < 1.29 is 0 Å². The van der Waals surface area contributed by atoms with Gasteiger partial charge in [0.1, 0.15) is 17.5 Å². The molecule has 194 valence electrons. The lowest BCUT2D eigenvalue weighted by Gasteiger charge is -2.30. The first-order valence-electron chi connectivity index (χ1n) is 13.0. The molecular formula is C29H33N9. The summed E-state index contributed by atoms with van der Waals surface area (Å²) < 4.78 is 1.84. The van der Waals surface area contributed by atoms with Gasteiger partial charge < -0.3 is 15.5 Å². The Balaban J connectivity index is 0.00000144. The standard InChI is InChI=1S/C27H31N9.C2H2/c1-3-4-20-15-25(34-35(20)2)32-23-13-18(7-8-30-23)14-24-31-22-17-29-16-21(19-5-6-19)26(22)27(33-24)36-11-9-28-10-12-36;1-2/h3-4,7-8,13,15-17,19,28H,5-6,9-12,14H2,1-2H3,(H,30,32,34);1-2H/b4-3-;. The van der Waals surface area contributed by atoms with Crippen LogP contribution < -0.4 is 15.5 Å². The average Bonchev–Trinajstić information content (AvgIpc) is 3.74. The Kier molecular flexibility index (Phi) is 7.61. The molecule has 38 heavy (non-hydrogen) atoms. The van der Waals surface area contributed by atoms with Crippen LogP contribution in [-0.4, -0.2) is 55.9 Å². The number of aromatic nitrogens is 6. The molecule has 0 bridgehead atoms. The molecular weight excluding hydrogens is 474 g/mol. The van der Waals surface area contributed by atoms with Crippen LogP contribution in [0.5, 0.6) is 0 Å².